The lowest BCUT2D eigenvalue weighted by atomic mass is 10.1. The summed E-state index contributed by atoms with van der Waals surface area (Å²) in [6.45, 7) is 4.19. The normalized spacial score (nSPS) is 14.1. The smallest absolute Gasteiger partial charge is 0.253 e. The van der Waals surface area contributed by atoms with Crippen LogP contribution < -0.4 is 5.32 Å². The predicted molar refractivity (Wildman–Crippen MR) is 110 cm³/mol. The number of nitrogens with zero attached hydrogens (tertiary/aromatic N) is 4. The van der Waals surface area contributed by atoms with Gasteiger partial charge in [-0.2, -0.15) is 5.10 Å². The first-order valence-corrected chi connectivity index (χ1v) is 9.77. The van der Waals surface area contributed by atoms with Crippen LogP contribution in [0.4, 0.5) is 4.39 Å². The van der Waals surface area contributed by atoms with Crippen molar-refractivity contribution >= 4 is 5.91 Å². The second-order valence-electron chi connectivity index (χ2n) is 7.76. The molecule has 0 aliphatic carbocycles. The van der Waals surface area contributed by atoms with E-state index in [0.29, 0.717) is 12.1 Å². The Morgan fingerprint density at radius 2 is 1.93 bits per heavy atom. The van der Waals surface area contributed by atoms with Gasteiger partial charge in [-0.25, -0.2) is 4.39 Å². The lowest BCUT2D eigenvalue weighted by molar-refractivity contribution is 0.0949. The molecule has 0 radical (unpaired) electrons. The summed E-state index contributed by atoms with van der Waals surface area (Å²) >= 11 is 0. The van der Waals surface area contributed by atoms with E-state index >= 15 is 0 Å². The van der Waals surface area contributed by atoms with Crippen molar-refractivity contribution in [1.29, 1.82) is 0 Å². The number of likely N-dealkylation sites (N-methyl/N-ethyl adjacent to an activating group) is 1. The van der Waals surface area contributed by atoms with Gasteiger partial charge in [0.2, 0.25) is 0 Å². The SMILES string of the molecule is Cc1c(C(=O)NCc2nn(C)c3c2CN(C)CC3)cc(-c2ccc(F)cc2)n1C. The quantitative estimate of drug-likeness (QED) is 0.739. The molecule has 6 nitrogen and oxygen atoms in total. The molecule has 1 aliphatic rings. The molecule has 2 aromatic heterocycles. The molecule has 1 amide bonds. The van der Waals surface area contributed by atoms with Gasteiger partial charge in [0.15, 0.2) is 0 Å². The Bertz CT molecular complexity index is 1060. The van der Waals surface area contributed by atoms with Crippen molar-refractivity contribution in [3.8, 4) is 11.3 Å². The van der Waals surface area contributed by atoms with Crippen LogP contribution in [0.2, 0.25) is 0 Å². The molecule has 1 aromatic carbocycles. The van der Waals surface area contributed by atoms with Crippen molar-refractivity contribution in [3.05, 3.63) is 64.4 Å². The van der Waals surface area contributed by atoms with E-state index in [1.807, 2.05) is 36.3 Å². The van der Waals surface area contributed by atoms with Crippen molar-refractivity contribution in [1.82, 2.24) is 24.6 Å². The van der Waals surface area contributed by atoms with Gasteiger partial charge in [0.1, 0.15) is 5.82 Å². The number of fused-ring (bicyclic) bond motifs is 1. The maximum absolute atomic E-state index is 13.2. The van der Waals surface area contributed by atoms with Gasteiger partial charge < -0.3 is 14.8 Å². The summed E-state index contributed by atoms with van der Waals surface area (Å²) in [6, 6.07) is 8.17. The maximum atomic E-state index is 13.2. The minimum atomic E-state index is -0.276. The Labute approximate surface area is 169 Å². The number of aromatic nitrogens is 3. The van der Waals surface area contributed by atoms with Crippen LogP contribution in [0.3, 0.4) is 0 Å². The summed E-state index contributed by atoms with van der Waals surface area (Å²) in [5.41, 5.74) is 6.63. The largest absolute Gasteiger partial charge is 0.347 e. The van der Waals surface area contributed by atoms with Crippen LogP contribution in [0.25, 0.3) is 11.3 Å². The zero-order chi connectivity index (χ0) is 20.7. The first-order valence-electron chi connectivity index (χ1n) is 9.77. The fourth-order valence-corrected chi connectivity index (χ4v) is 4.03. The molecule has 152 valence electrons. The number of carbonyl (C=O) groups is 1. The van der Waals surface area contributed by atoms with Crippen LogP contribution in [-0.2, 0) is 33.6 Å². The lowest BCUT2D eigenvalue weighted by Crippen LogP contribution is -2.28. The minimum Gasteiger partial charge on any atom is -0.347 e. The average Bonchev–Trinajstić information content (AvgIpc) is 3.17. The molecule has 1 N–H and O–H groups in total. The Morgan fingerprint density at radius 1 is 1.21 bits per heavy atom. The Hall–Kier alpha value is -2.93. The van der Waals surface area contributed by atoms with Gasteiger partial charge in [0, 0.05) is 56.3 Å². The number of amides is 1. The van der Waals surface area contributed by atoms with Crippen LogP contribution in [0.5, 0.6) is 0 Å². The van der Waals surface area contributed by atoms with Gasteiger partial charge in [0.05, 0.1) is 17.8 Å². The van der Waals surface area contributed by atoms with E-state index in [1.54, 1.807) is 12.1 Å². The van der Waals surface area contributed by atoms with Crippen molar-refractivity contribution in [2.75, 3.05) is 13.6 Å². The summed E-state index contributed by atoms with van der Waals surface area (Å²) in [4.78, 5) is 15.2. The zero-order valence-corrected chi connectivity index (χ0v) is 17.3. The van der Waals surface area contributed by atoms with E-state index in [4.69, 9.17) is 0 Å². The summed E-state index contributed by atoms with van der Waals surface area (Å²) < 4.78 is 17.1. The van der Waals surface area contributed by atoms with E-state index in [9.17, 15) is 9.18 Å². The van der Waals surface area contributed by atoms with Crippen molar-refractivity contribution in [2.24, 2.45) is 14.1 Å². The summed E-state index contributed by atoms with van der Waals surface area (Å²) in [6.07, 6.45) is 0.974. The van der Waals surface area contributed by atoms with Crippen LogP contribution >= 0.6 is 0 Å². The summed E-state index contributed by atoms with van der Waals surface area (Å²) in [5, 5.41) is 7.66. The predicted octanol–water partition coefficient (Wildman–Crippen LogP) is 2.79. The third kappa shape index (κ3) is 3.58. The molecular weight excluding hydrogens is 369 g/mol. The fourth-order valence-electron chi connectivity index (χ4n) is 4.03. The van der Waals surface area contributed by atoms with Crippen molar-refractivity contribution in [2.45, 2.75) is 26.4 Å². The highest BCUT2D eigenvalue weighted by Crippen LogP contribution is 2.26. The molecule has 7 heteroatoms. The molecule has 3 heterocycles. The Kier molecular flexibility index (Phi) is 5.00. The molecule has 0 saturated heterocycles. The molecule has 0 bridgehead atoms. The van der Waals surface area contributed by atoms with E-state index in [1.165, 1.54) is 23.4 Å². The second-order valence-corrected chi connectivity index (χ2v) is 7.76. The van der Waals surface area contributed by atoms with Crippen LogP contribution in [0.15, 0.2) is 30.3 Å². The molecule has 0 spiro atoms. The summed E-state index contributed by atoms with van der Waals surface area (Å²) in [7, 11) is 5.98. The number of rotatable bonds is 4. The maximum Gasteiger partial charge on any atom is 0.253 e. The first-order chi connectivity index (χ1) is 13.8. The van der Waals surface area contributed by atoms with E-state index < -0.39 is 0 Å². The highest BCUT2D eigenvalue weighted by atomic mass is 19.1. The minimum absolute atomic E-state index is 0.130. The fraction of sp³-hybridized carbons (Fsp3) is 0.364. The third-order valence-electron chi connectivity index (χ3n) is 5.85. The highest BCUT2D eigenvalue weighted by Gasteiger charge is 2.23. The van der Waals surface area contributed by atoms with Gasteiger partial charge >= 0.3 is 0 Å². The highest BCUT2D eigenvalue weighted by molar-refractivity contribution is 5.96. The molecule has 0 atom stereocenters. The van der Waals surface area contributed by atoms with Gasteiger partial charge in [-0.1, -0.05) is 0 Å². The van der Waals surface area contributed by atoms with E-state index in [2.05, 4.69) is 22.4 Å². The average molecular weight is 395 g/mol. The standard InChI is InChI=1S/C22H26FN5O/c1-14-17(11-21(27(14)3)15-5-7-16(23)8-6-15)22(29)24-12-19-18-13-26(2)10-9-20(18)28(4)25-19/h5-8,11H,9-10,12-13H2,1-4H3,(H,24,29). The molecule has 4 rings (SSSR count). The van der Waals surface area contributed by atoms with Gasteiger partial charge in [0.25, 0.3) is 5.91 Å². The number of hydrogen-bond donors (Lipinski definition) is 1. The molecule has 29 heavy (non-hydrogen) atoms. The van der Waals surface area contributed by atoms with Crippen molar-refractivity contribution < 1.29 is 9.18 Å². The molecule has 0 unspecified atom stereocenters. The number of benzene rings is 1. The van der Waals surface area contributed by atoms with Crippen LogP contribution in [0.1, 0.15) is 33.0 Å². The molecular formula is C22H26FN5O. The van der Waals surface area contributed by atoms with Crippen molar-refractivity contribution in [3.63, 3.8) is 0 Å². The van der Waals surface area contributed by atoms with E-state index in [-0.39, 0.29) is 11.7 Å². The topological polar surface area (TPSA) is 55.1 Å². The van der Waals surface area contributed by atoms with E-state index in [0.717, 1.165) is 42.2 Å². The molecule has 0 saturated carbocycles. The second kappa shape index (κ2) is 7.48. The number of hydrogen-bond acceptors (Lipinski definition) is 3. The van der Waals surface area contributed by atoms with Crippen LogP contribution in [0, 0.1) is 12.7 Å². The Balaban J connectivity index is 1.54. The molecule has 1 aliphatic heterocycles. The third-order valence-corrected chi connectivity index (χ3v) is 5.85. The molecule has 0 fully saturated rings. The number of nitrogens with one attached hydrogen (secondary N) is 1. The zero-order valence-electron chi connectivity index (χ0n) is 17.3. The van der Waals surface area contributed by atoms with Gasteiger partial charge in [-0.05, 0) is 49.9 Å². The van der Waals surface area contributed by atoms with Gasteiger partial charge in [-0.3, -0.25) is 9.48 Å². The number of aryl methyl sites for hydroxylation is 1. The number of halogens is 1. The van der Waals surface area contributed by atoms with Gasteiger partial charge in [-0.15, -0.1) is 0 Å². The first kappa shape index (κ1) is 19.4. The summed E-state index contributed by atoms with van der Waals surface area (Å²) in [5.74, 6) is -0.406. The molecule has 3 aromatic rings. The van der Waals surface area contributed by atoms with Crippen LogP contribution in [-0.4, -0.2) is 38.7 Å². The lowest BCUT2D eigenvalue weighted by Gasteiger charge is -2.23. The monoisotopic (exact) mass is 395 g/mol. The Morgan fingerprint density at radius 3 is 2.66 bits per heavy atom. The number of carbonyl (C=O) groups excluding carboxylic acids is 1.